The lowest BCUT2D eigenvalue weighted by atomic mass is 10.0. The molecule has 1 rings (SSSR count). The topological polar surface area (TPSA) is 61.4 Å². The van der Waals surface area contributed by atoms with Crippen molar-refractivity contribution in [1.29, 1.82) is 0 Å². The predicted molar refractivity (Wildman–Crippen MR) is 80.5 cm³/mol. The molecule has 0 spiro atoms. The van der Waals surface area contributed by atoms with E-state index in [1.54, 1.807) is 0 Å². The average molecular weight is 283 g/mol. The van der Waals surface area contributed by atoms with Crippen molar-refractivity contribution >= 4 is 11.9 Å². The molecule has 5 heteroatoms. The molecule has 116 valence electrons. The van der Waals surface area contributed by atoms with Crippen LogP contribution in [0.3, 0.4) is 0 Å². The molecule has 1 aliphatic heterocycles. The maximum atomic E-state index is 11.9. The van der Waals surface area contributed by atoms with Gasteiger partial charge in [-0.25, -0.2) is 4.79 Å². The van der Waals surface area contributed by atoms with Crippen LogP contribution in [0.1, 0.15) is 59.8 Å². The van der Waals surface area contributed by atoms with Crippen LogP contribution in [0.5, 0.6) is 0 Å². The van der Waals surface area contributed by atoms with Gasteiger partial charge >= 0.3 is 6.03 Å². The number of carbonyl (C=O) groups is 2. The van der Waals surface area contributed by atoms with Crippen LogP contribution in [0.15, 0.2) is 0 Å². The van der Waals surface area contributed by atoms with Gasteiger partial charge in [-0.05, 0) is 40.0 Å². The fourth-order valence-electron chi connectivity index (χ4n) is 2.32. The second-order valence-corrected chi connectivity index (χ2v) is 6.61. The highest BCUT2D eigenvalue weighted by Crippen LogP contribution is 2.12. The molecule has 3 amide bonds. The van der Waals surface area contributed by atoms with E-state index in [1.807, 2.05) is 25.7 Å². The molecule has 0 aliphatic carbocycles. The lowest BCUT2D eigenvalue weighted by molar-refractivity contribution is -0.132. The number of hydrogen-bond acceptors (Lipinski definition) is 2. The number of unbranched alkanes of at least 4 members (excludes halogenated alkanes) is 1. The standard InChI is InChI=1S/C15H29N3O2/c1-5-6-7-13(19)18-10-8-12(9-11-18)16-14(20)17-15(2,3)4/h12H,5-11H2,1-4H3,(H2,16,17,20). The number of rotatable bonds is 4. The molecule has 0 bridgehead atoms. The lowest BCUT2D eigenvalue weighted by Crippen LogP contribution is -2.52. The summed E-state index contributed by atoms with van der Waals surface area (Å²) < 4.78 is 0. The Balaban J connectivity index is 2.28. The monoisotopic (exact) mass is 283 g/mol. The zero-order valence-electron chi connectivity index (χ0n) is 13.3. The second kappa shape index (κ2) is 7.50. The van der Waals surface area contributed by atoms with Gasteiger partial charge in [0.05, 0.1) is 0 Å². The van der Waals surface area contributed by atoms with E-state index in [0.717, 1.165) is 38.8 Å². The fraction of sp³-hybridized carbons (Fsp3) is 0.867. The summed E-state index contributed by atoms with van der Waals surface area (Å²) in [7, 11) is 0. The fourth-order valence-corrected chi connectivity index (χ4v) is 2.32. The van der Waals surface area contributed by atoms with Crippen molar-refractivity contribution in [1.82, 2.24) is 15.5 Å². The summed E-state index contributed by atoms with van der Waals surface area (Å²) >= 11 is 0. The van der Waals surface area contributed by atoms with Gasteiger partial charge in [0.25, 0.3) is 0 Å². The number of nitrogens with one attached hydrogen (secondary N) is 2. The summed E-state index contributed by atoms with van der Waals surface area (Å²) in [5, 5.41) is 5.89. The lowest BCUT2D eigenvalue weighted by Gasteiger charge is -2.33. The highest BCUT2D eigenvalue weighted by Gasteiger charge is 2.24. The van der Waals surface area contributed by atoms with Gasteiger partial charge in [-0.2, -0.15) is 0 Å². The molecule has 0 unspecified atom stereocenters. The van der Waals surface area contributed by atoms with E-state index in [2.05, 4.69) is 17.6 Å². The molecule has 2 N–H and O–H groups in total. The van der Waals surface area contributed by atoms with E-state index in [0.29, 0.717) is 6.42 Å². The van der Waals surface area contributed by atoms with Gasteiger partial charge in [0.15, 0.2) is 0 Å². The number of nitrogens with zero attached hydrogens (tertiary/aromatic N) is 1. The van der Waals surface area contributed by atoms with Gasteiger partial charge in [-0.1, -0.05) is 13.3 Å². The van der Waals surface area contributed by atoms with Crippen molar-refractivity contribution in [2.24, 2.45) is 0 Å². The summed E-state index contributed by atoms with van der Waals surface area (Å²) in [6.45, 7) is 9.48. The summed E-state index contributed by atoms with van der Waals surface area (Å²) in [6.07, 6.45) is 4.35. The van der Waals surface area contributed by atoms with Gasteiger partial charge in [0.1, 0.15) is 0 Å². The summed E-state index contributed by atoms with van der Waals surface area (Å²) in [5.41, 5.74) is -0.221. The first-order valence-corrected chi connectivity index (χ1v) is 7.68. The van der Waals surface area contributed by atoms with E-state index in [4.69, 9.17) is 0 Å². The maximum absolute atomic E-state index is 11.9. The summed E-state index contributed by atoms with van der Waals surface area (Å²) in [4.78, 5) is 25.6. The van der Waals surface area contributed by atoms with Crippen molar-refractivity contribution in [2.45, 2.75) is 71.4 Å². The first-order valence-electron chi connectivity index (χ1n) is 7.68. The highest BCUT2D eigenvalue weighted by molar-refractivity contribution is 5.76. The van der Waals surface area contributed by atoms with Gasteiger partial charge < -0.3 is 15.5 Å². The third kappa shape index (κ3) is 6.26. The average Bonchev–Trinajstić information content (AvgIpc) is 2.34. The Bertz CT molecular complexity index is 329. The molecule has 0 saturated carbocycles. The minimum Gasteiger partial charge on any atom is -0.343 e. The van der Waals surface area contributed by atoms with Gasteiger partial charge in [-0.3, -0.25) is 4.79 Å². The molecule has 20 heavy (non-hydrogen) atoms. The zero-order valence-corrected chi connectivity index (χ0v) is 13.3. The van der Waals surface area contributed by atoms with Crippen molar-refractivity contribution in [2.75, 3.05) is 13.1 Å². The number of piperidine rings is 1. The molecule has 0 atom stereocenters. The van der Waals surface area contributed by atoms with Crippen LogP contribution < -0.4 is 10.6 Å². The van der Waals surface area contributed by atoms with Crippen molar-refractivity contribution in [3.05, 3.63) is 0 Å². The Kier molecular flexibility index (Phi) is 6.30. The van der Waals surface area contributed by atoms with Gasteiger partial charge in [-0.15, -0.1) is 0 Å². The molecule has 1 heterocycles. The SMILES string of the molecule is CCCCC(=O)N1CCC(NC(=O)NC(C)(C)C)CC1. The van der Waals surface area contributed by atoms with Crippen LogP contribution in [0.4, 0.5) is 4.79 Å². The molecule has 0 aromatic carbocycles. The van der Waals surface area contributed by atoms with E-state index < -0.39 is 0 Å². The Morgan fingerprint density at radius 3 is 2.30 bits per heavy atom. The smallest absolute Gasteiger partial charge is 0.315 e. The number of amides is 3. The predicted octanol–water partition coefficient (Wildman–Crippen LogP) is 2.27. The molecule has 0 aromatic rings. The number of likely N-dealkylation sites (tertiary alicyclic amines) is 1. The van der Waals surface area contributed by atoms with Gasteiger partial charge in [0.2, 0.25) is 5.91 Å². The first-order chi connectivity index (χ1) is 9.31. The molecule has 5 nitrogen and oxygen atoms in total. The molecule has 1 saturated heterocycles. The third-order valence-corrected chi connectivity index (χ3v) is 3.42. The number of urea groups is 1. The summed E-state index contributed by atoms with van der Waals surface area (Å²) in [5.74, 6) is 0.254. The second-order valence-electron chi connectivity index (χ2n) is 6.61. The molecular weight excluding hydrogens is 254 g/mol. The van der Waals surface area contributed by atoms with Crippen LogP contribution in [0.2, 0.25) is 0 Å². The quantitative estimate of drug-likeness (QED) is 0.831. The van der Waals surface area contributed by atoms with Crippen LogP contribution in [0.25, 0.3) is 0 Å². The molecule has 1 aliphatic rings. The molecule has 0 aromatic heterocycles. The van der Waals surface area contributed by atoms with Crippen molar-refractivity contribution in [3.8, 4) is 0 Å². The van der Waals surface area contributed by atoms with E-state index in [1.165, 1.54) is 0 Å². The van der Waals surface area contributed by atoms with E-state index >= 15 is 0 Å². The minimum absolute atomic E-state index is 0.117. The number of hydrogen-bond donors (Lipinski definition) is 2. The van der Waals surface area contributed by atoms with Crippen LogP contribution in [-0.2, 0) is 4.79 Å². The van der Waals surface area contributed by atoms with Crippen molar-refractivity contribution < 1.29 is 9.59 Å². The number of carbonyl (C=O) groups excluding carboxylic acids is 2. The minimum atomic E-state index is -0.221. The van der Waals surface area contributed by atoms with Crippen LogP contribution >= 0.6 is 0 Å². The van der Waals surface area contributed by atoms with E-state index in [9.17, 15) is 9.59 Å². The van der Waals surface area contributed by atoms with Crippen molar-refractivity contribution in [3.63, 3.8) is 0 Å². The third-order valence-electron chi connectivity index (χ3n) is 3.42. The largest absolute Gasteiger partial charge is 0.343 e. The Morgan fingerprint density at radius 2 is 1.80 bits per heavy atom. The molecular formula is C15H29N3O2. The van der Waals surface area contributed by atoms with Gasteiger partial charge in [0, 0.05) is 31.1 Å². The normalized spacial score (nSPS) is 16.9. The zero-order chi connectivity index (χ0) is 15.2. The summed E-state index contributed by atoms with van der Waals surface area (Å²) in [6, 6.07) is 0.0563. The Hall–Kier alpha value is -1.26. The molecule has 1 fully saturated rings. The highest BCUT2D eigenvalue weighted by atomic mass is 16.2. The van der Waals surface area contributed by atoms with Crippen LogP contribution in [-0.4, -0.2) is 41.5 Å². The Morgan fingerprint density at radius 1 is 1.20 bits per heavy atom. The molecule has 0 radical (unpaired) electrons. The first kappa shape index (κ1) is 16.8. The Labute approximate surface area is 122 Å². The van der Waals surface area contributed by atoms with E-state index in [-0.39, 0.29) is 23.5 Å². The maximum Gasteiger partial charge on any atom is 0.315 e. The van der Waals surface area contributed by atoms with Crippen LogP contribution in [0, 0.1) is 0 Å².